The molecule has 1 atom stereocenters. The quantitative estimate of drug-likeness (QED) is 0.675. The van der Waals surface area contributed by atoms with Crippen molar-refractivity contribution >= 4 is 11.6 Å². The van der Waals surface area contributed by atoms with Gasteiger partial charge in [0.2, 0.25) is 0 Å². The summed E-state index contributed by atoms with van der Waals surface area (Å²) < 4.78 is 11.5. The minimum Gasteiger partial charge on any atom is -0.493 e. The maximum absolute atomic E-state index is 12.5. The zero-order valence-electron chi connectivity index (χ0n) is 15.4. The molecule has 0 aliphatic carbocycles. The third kappa shape index (κ3) is 5.24. The summed E-state index contributed by atoms with van der Waals surface area (Å²) in [6.45, 7) is 13.1. The summed E-state index contributed by atoms with van der Waals surface area (Å²) in [7, 11) is 0. The van der Waals surface area contributed by atoms with Crippen molar-refractivity contribution in [2.24, 2.45) is 0 Å². The molecule has 0 aromatic heterocycles. The van der Waals surface area contributed by atoms with Crippen LogP contribution in [0, 0.1) is 13.8 Å². The molecular weight excluding hydrogens is 290 g/mol. The number of benzene rings is 1. The van der Waals surface area contributed by atoms with Crippen molar-refractivity contribution < 1.29 is 14.3 Å². The Bertz CT molecular complexity index is 504. The molecule has 1 amide bonds. The summed E-state index contributed by atoms with van der Waals surface area (Å²) in [5, 5.41) is 2.97. The molecule has 1 N–H and O–H groups in total. The van der Waals surface area contributed by atoms with Crippen molar-refractivity contribution in [1.29, 1.82) is 0 Å². The topological polar surface area (TPSA) is 47.6 Å². The van der Waals surface area contributed by atoms with Gasteiger partial charge in [0.15, 0.2) is 0 Å². The van der Waals surface area contributed by atoms with Crippen molar-refractivity contribution in [3.8, 4) is 5.75 Å². The predicted molar refractivity (Wildman–Crippen MR) is 95.3 cm³/mol. The molecular formula is C19H31NO3. The van der Waals surface area contributed by atoms with E-state index in [1.807, 2.05) is 46.8 Å². The standard InChI is InChI=1S/C19H31NO3/c1-7-10-11-22-17-14(4)12-16(13-15(17)5)20-18(21)19(6,8-2)23-9-3/h12-13H,7-11H2,1-6H3,(H,20,21). The second kappa shape index (κ2) is 8.92. The van der Waals surface area contributed by atoms with Crippen LogP contribution < -0.4 is 10.1 Å². The SMILES string of the molecule is CCCCOc1c(C)cc(NC(=O)C(C)(CC)OCC)cc1C. The van der Waals surface area contributed by atoms with Crippen molar-refractivity contribution in [1.82, 2.24) is 0 Å². The van der Waals surface area contributed by atoms with E-state index in [1.165, 1.54) is 0 Å². The van der Waals surface area contributed by atoms with E-state index in [2.05, 4.69) is 12.2 Å². The van der Waals surface area contributed by atoms with Gasteiger partial charge in [-0.3, -0.25) is 4.79 Å². The molecule has 0 radical (unpaired) electrons. The molecule has 1 aromatic rings. The Hall–Kier alpha value is -1.55. The lowest BCUT2D eigenvalue weighted by molar-refractivity contribution is -0.139. The van der Waals surface area contributed by atoms with Gasteiger partial charge >= 0.3 is 0 Å². The zero-order chi connectivity index (χ0) is 17.5. The van der Waals surface area contributed by atoms with Crippen LogP contribution in [0.5, 0.6) is 5.75 Å². The highest BCUT2D eigenvalue weighted by molar-refractivity contribution is 5.97. The monoisotopic (exact) mass is 321 g/mol. The second-order valence-electron chi connectivity index (χ2n) is 6.11. The Morgan fingerprint density at radius 3 is 2.26 bits per heavy atom. The van der Waals surface area contributed by atoms with E-state index in [9.17, 15) is 4.79 Å². The maximum atomic E-state index is 12.5. The van der Waals surface area contributed by atoms with Gasteiger partial charge in [-0.2, -0.15) is 0 Å². The van der Waals surface area contributed by atoms with Gasteiger partial charge in [-0.05, 0) is 63.8 Å². The number of carbonyl (C=O) groups is 1. The van der Waals surface area contributed by atoms with Crippen molar-refractivity contribution in [2.75, 3.05) is 18.5 Å². The van der Waals surface area contributed by atoms with Gasteiger partial charge in [0.1, 0.15) is 11.4 Å². The first-order valence-corrected chi connectivity index (χ1v) is 8.57. The Labute approximate surface area is 140 Å². The highest BCUT2D eigenvalue weighted by atomic mass is 16.5. The molecule has 0 saturated carbocycles. The summed E-state index contributed by atoms with van der Waals surface area (Å²) in [4.78, 5) is 12.5. The fraction of sp³-hybridized carbons (Fsp3) is 0.632. The van der Waals surface area contributed by atoms with Gasteiger partial charge in [-0.15, -0.1) is 0 Å². The molecule has 1 aromatic carbocycles. The zero-order valence-corrected chi connectivity index (χ0v) is 15.4. The van der Waals surface area contributed by atoms with Gasteiger partial charge < -0.3 is 14.8 Å². The Balaban J connectivity index is 2.88. The molecule has 0 spiro atoms. The third-order valence-corrected chi connectivity index (χ3v) is 4.08. The maximum Gasteiger partial charge on any atom is 0.256 e. The van der Waals surface area contributed by atoms with E-state index in [1.54, 1.807) is 0 Å². The third-order valence-electron chi connectivity index (χ3n) is 4.08. The number of ether oxygens (including phenoxy) is 2. The largest absolute Gasteiger partial charge is 0.493 e. The minimum atomic E-state index is -0.799. The minimum absolute atomic E-state index is 0.111. The van der Waals surface area contributed by atoms with Gasteiger partial charge in [0.05, 0.1) is 6.61 Å². The van der Waals surface area contributed by atoms with Crippen LogP contribution in [0.3, 0.4) is 0 Å². The number of nitrogens with one attached hydrogen (secondary N) is 1. The number of hydrogen-bond acceptors (Lipinski definition) is 3. The first kappa shape index (κ1) is 19.5. The summed E-state index contributed by atoms with van der Waals surface area (Å²) >= 11 is 0. The van der Waals surface area contributed by atoms with E-state index >= 15 is 0 Å². The molecule has 4 heteroatoms. The van der Waals surface area contributed by atoms with Crippen LogP contribution in [0.1, 0.15) is 58.1 Å². The lowest BCUT2D eigenvalue weighted by Gasteiger charge is -2.27. The normalized spacial score (nSPS) is 13.5. The van der Waals surface area contributed by atoms with E-state index in [4.69, 9.17) is 9.47 Å². The van der Waals surface area contributed by atoms with E-state index < -0.39 is 5.60 Å². The first-order chi connectivity index (χ1) is 10.9. The molecule has 0 bridgehead atoms. The Morgan fingerprint density at radius 2 is 1.78 bits per heavy atom. The fourth-order valence-electron chi connectivity index (χ4n) is 2.48. The van der Waals surface area contributed by atoms with Crippen LogP contribution in [0.4, 0.5) is 5.69 Å². The number of anilines is 1. The van der Waals surface area contributed by atoms with Gasteiger partial charge in [-0.25, -0.2) is 0 Å². The first-order valence-electron chi connectivity index (χ1n) is 8.57. The van der Waals surface area contributed by atoms with Crippen molar-refractivity contribution in [2.45, 2.75) is 66.4 Å². The van der Waals surface area contributed by atoms with E-state index in [0.717, 1.165) is 42.0 Å². The molecule has 0 aliphatic rings. The summed E-state index contributed by atoms with van der Waals surface area (Å²) in [6, 6.07) is 3.91. The molecule has 4 nitrogen and oxygen atoms in total. The van der Waals surface area contributed by atoms with Crippen molar-refractivity contribution in [3.05, 3.63) is 23.3 Å². The summed E-state index contributed by atoms with van der Waals surface area (Å²) in [5.74, 6) is 0.805. The Kier molecular flexibility index (Phi) is 7.56. The smallest absolute Gasteiger partial charge is 0.256 e. The highest BCUT2D eigenvalue weighted by Crippen LogP contribution is 2.28. The molecule has 0 fully saturated rings. The molecule has 23 heavy (non-hydrogen) atoms. The van der Waals surface area contributed by atoms with Crippen LogP contribution in [0.15, 0.2) is 12.1 Å². The summed E-state index contributed by atoms with van der Waals surface area (Å²) in [6.07, 6.45) is 2.78. The van der Waals surface area contributed by atoms with E-state index in [0.29, 0.717) is 13.0 Å². The van der Waals surface area contributed by atoms with Gasteiger partial charge in [0.25, 0.3) is 5.91 Å². The highest BCUT2D eigenvalue weighted by Gasteiger charge is 2.32. The molecule has 0 saturated heterocycles. The van der Waals surface area contributed by atoms with Crippen molar-refractivity contribution in [3.63, 3.8) is 0 Å². The number of carbonyl (C=O) groups excluding carboxylic acids is 1. The fourth-order valence-corrected chi connectivity index (χ4v) is 2.48. The van der Waals surface area contributed by atoms with Crippen LogP contribution in [-0.4, -0.2) is 24.7 Å². The second-order valence-corrected chi connectivity index (χ2v) is 6.11. The average Bonchev–Trinajstić information content (AvgIpc) is 2.50. The number of amides is 1. The predicted octanol–water partition coefficient (Wildman–Crippen LogP) is 4.63. The van der Waals surface area contributed by atoms with Crippen LogP contribution in [0.2, 0.25) is 0 Å². The molecule has 1 rings (SSSR count). The molecule has 0 aliphatic heterocycles. The average molecular weight is 321 g/mol. The van der Waals surface area contributed by atoms with Crippen LogP contribution in [0.25, 0.3) is 0 Å². The summed E-state index contributed by atoms with van der Waals surface area (Å²) in [5.41, 5.74) is 2.05. The van der Waals surface area contributed by atoms with Gasteiger partial charge in [0, 0.05) is 12.3 Å². The number of rotatable bonds is 9. The Morgan fingerprint density at radius 1 is 1.17 bits per heavy atom. The number of aryl methyl sites for hydroxylation is 2. The number of unbranched alkanes of at least 4 members (excludes halogenated alkanes) is 1. The lowest BCUT2D eigenvalue weighted by atomic mass is 10.0. The van der Waals surface area contributed by atoms with Crippen LogP contribution in [-0.2, 0) is 9.53 Å². The molecule has 0 heterocycles. The molecule has 1 unspecified atom stereocenters. The van der Waals surface area contributed by atoms with E-state index in [-0.39, 0.29) is 5.91 Å². The van der Waals surface area contributed by atoms with Gasteiger partial charge in [-0.1, -0.05) is 20.3 Å². The lowest BCUT2D eigenvalue weighted by Crippen LogP contribution is -2.42. The number of hydrogen-bond donors (Lipinski definition) is 1. The molecule has 130 valence electrons. The van der Waals surface area contributed by atoms with Crippen LogP contribution >= 0.6 is 0 Å².